The van der Waals surface area contributed by atoms with Crippen LogP contribution in [0.15, 0.2) is 12.1 Å². The summed E-state index contributed by atoms with van der Waals surface area (Å²) in [6.07, 6.45) is 0.0874. The minimum absolute atomic E-state index is 0.00638. The number of carboxylic acid groups (broad SMARTS) is 1. The van der Waals surface area contributed by atoms with Gasteiger partial charge in [0.15, 0.2) is 0 Å². The van der Waals surface area contributed by atoms with Gasteiger partial charge in [0, 0.05) is 20.1 Å². The molecule has 0 saturated carbocycles. The van der Waals surface area contributed by atoms with Gasteiger partial charge in [-0.15, -0.1) is 0 Å². The van der Waals surface area contributed by atoms with Crippen molar-refractivity contribution in [1.29, 1.82) is 0 Å². The number of urea groups is 1. The predicted molar refractivity (Wildman–Crippen MR) is 76.5 cm³/mol. The van der Waals surface area contributed by atoms with Crippen molar-refractivity contribution in [2.24, 2.45) is 0 Å². The van der Waals surface area contributed by atoms with E-state index in [-0.39, 0.29) is 28.8 Å². The van der Waals surface area contributed by atoms with Crippen LogP contribution >= 0.6 is 23.2 Å². The molecule has 0 aliphatic carbocycles. The molecule has 1 unspecified atom stereocenters. The highest BCUT2D eigenvalue weighted by atomic mass is 35.5. The third kappa shape index (κ3) is 5.37. The second kappa shape index (κ2) is 8.02. The quantitative estimate of drug-likeness (QED) is 0.744. The van der Waals surface area contributed by atoms with E-state index in [1.54, 1.807) is 0 Å². The number of amides is 2. The van der Waals surface area contributed by atoms with Crippen LogP contribution in [0.25, 0.3) is 0 Å². The van der Waals surface area contributed by atoms with E-state index in [0.29, 0.717) is 0 Å². The van der Waals surface area contributed by atoms with Crippen molar-refractivity contribution in [2.45, 2.75) is 12.5 Å². The lowest BCUT2D eigenvalue weighted by Gasteiger charge is -2.16. The molecule has 0 aliphatic rings. The van der Waals surface area contributed by atoms with E-state index in [1.807, 2.05) is 0 Å². The number of benzene rings is 1. The maximum atomic E-state index is 13.0. The number of ether oxygens (including phenoxy) is 1. The first-order valence-corrected chi connectivity index (χ1v) is 6.54. The van der Waals surface area contributed by atoms with Crippen molar-refractivity contribution in [2.75, 3.05) is 19.0 Å². The number of hydrogen-bond acceptors (Lipinski definition) is 3. The normalized spacial score (nSPS) is 11.8. The monoisotopic (exact) mass is 338 g/mol. The Morgan fingerprint density at radius 3 is 2.43 bits per heavy atom. The Morgan fingerprint density at radius 1 is 1.38 bits per heavy atom. The summed E-state index contributed by atoms with van der Waals surface area (Å²) < 4.78 is 17.8. The van der Waals surface area contributed by atoms with Gasteiger partial charge in [-0.25, -0.2) is 14.0 Å². The summed E-state index contributed by atoms with van der Waals surface area (Å²) in [6.45, 7) is 0.162. The van der Waals surface area contributed by atoms with Crippen LogP contribution in [0.5, 0.6) is 0 Å². The molecule has 0 fully saturated rings. The van der Waals surface area contributed by atoms with Crippen LogP contribution in [0.4, 0.5) is 14.9 Å². The Morgan fingerprint density at radius 2 is 1.95 bits per heavy atom. The standard InChI is InChI=1S/C12H13Cl2FN2O4/c1-21-3-2-9(11(18)19)16-12(20)17-10-7(13)4-6(15)5-8(10)14/h4-5,9H,2-3H2,1H3,(H,18,19)(H2,16,17,20). The Kier molecular flexibility index (Phi) is 6.67. The predicted octanol–water partition coefficient (Wildman–Crippen LogP) is 2.74. The average molecular weight is 339 g/mol. The molecule has 6 nitrogen and oxygen atoms in total. The van der Waals surface area contributed by atoms with Gasteiger partial charge in [-0.3, -0.25) is 0 Å². The van der Waals surface area contributed by atoms with Crippen LogP contribution < -0.4 is 10.6 Å². The molecule has 0 bridgehead atoms. The van der Waals surface area contributed by atoms with Crippen LogP contribution in [0, 0.1) is 5.82 Å². The maximum absolute atomic E-state index is 13.0. The summed E-state index contributed by atoms with van der Waals surface area (Å²) >= 11 is 11.5. The molecule has 0 aromatic heterocycles. The highest BCUT2D eigenvalue weighted by Crippen LogP contribution is 2.31. The summed E-state index contributed by atoms with van der Waals surface area (Å²) in [4.78, 5) is 22.7. The van der Waals surface area contributed by atoms with Crippen molar-refractivity contribution in [1.82, 2.24) is 5.32 Å². The van der Waals surface area contributed by atoms with E-state index in [9.17, 15) is 14.0 Å². The summed E-state index contributed by atoms with van der Waals surface area (Å²) in [5.41, 5.74) is -0.00638. The van der Waals surface area contributed by atoms with Gasteiger partial charge in [-0.2, -0.15) is 0 Å². The van der Waals surface area contributed by atoms with Crippen LogP contribution in [0.2, 0.25) is 10.0 Å². The van der Waals surface area contributed by atoms with Gasteiger partial charge in [0.25, 0.3) is 0 Å². The van der Waals surface area contributed by atoms with Crippen molar-refractivity contribution in [3.63, 3.8) is 0 Å². The fourth-order valence-corrected chi connectivity index (χ4v) is 2.02. The highest BCUT2D eigenvalue weighted by molar-refractivity contribution is 6.39. The lowest BCUT2D eigenvalue weighted by atomic mass is 10.2. The van der Waals surface area contributed by atoms with E-state index in [4.69, 9.17) is 33.0 Å². The maximum Gasteiger partial charge on any atom is 0.326 e. The third-order valence-electron chi connectivity index (χ3n) is 2.46. The van der Waals surface area contributed by atoms with Gasteiger partial charge >= 0.3 is 12.0 Å². The van der Waals surface area contributed by atoms with Crippen molar-refractivity contribution in [3.8, 4) is 0 Å². The molecule has 0 aliphatic heterocycles. The van der Waals surface area contributed by atoms with Gasteiger partial charge < -0.3 is 20.5 Å². The van der Waals surface area contributed by atoms with Crippen molar-refractivity contribution >= 4 is 40.9 Å². The second-order valence-corrected chi connectivity index (χ2v) is 4.83. The van der Waals surface area contributed by atoms with E-state index in [2.05, 4.69) is 10.6 Å². The molecule has 116 valence electrons. The Labute approximate surface area is 130 Å². The number of aliphatic carboxylic acids is 1. The smallest absolute Gasteiger partial charge is 0.326 e. The minimum atomic E-state index is -1.21. The van der Waals surface area contributed by atoms with E-state index in [0.717, 1.165) is 12.1 Å². The first-order valence-electron chi connectivity index (χ1n) is 5.79. The summed E-state index contributed by atoms with van der Waals surface area (Å²) in [7, 11) is 1.41. The van der Waals surface area contributed by atoms with E-state index >= 15 is 0 Å². The van der Waals surface area contributed by atoms with Crippen LogP contribution in [-0.2, 0) is 9.53 Å². The molecule has 0 spiro atoms. The van der Waals surface area contributed by atoms with Gasteiger partial charge in [0.05, 0.1) is 15.7 Å². The lowest BCUT2D eigenvalue weighted by Crippen LogP contribution is -2.43. The first kappa shape index (κ1) is 17.5. The summed E-state index contributed by atoms with van der Waals surface area (Å²) in [5.74, 6) is -1.86. The molecular formula is C12H13Cl2FN2O4. The second-order valence-electron chi connectivity index (χ2n) is 4.02. The largest absolute Gasteiger partial charge is 0.480 e. The lowest BCUT2D eigenvalue weighted by molar-refractivity contribution is -0.139. The SMILES string of the molecule is COCCC(NC(=O)Nc1c(Cl)cc(F)cc1Cl)C(=O)O. The molecule has 1 atom stereocenters. The summed E-state index contributed by atoms with van der Waals surface area (Å²) in [5, 5.41) is 13.3. The minimum Gasteiger partial charge on any atom is -0.480 e. The molecule has 9 heteroatoms. The Bertz CT molecular complexity index is 519. The number of carbonyl (C=O) groups excluding carboxylic acids is 1. The van der Waals surface area contributed by atoms with E-state index < -0.39 is 23.9 Å². The topological polar surface area (TPSA) is 87.7 Å². The number of methoxy groups -OCH3 is 1. The molecular weight excluding hydrogens is 326 g/mol. The third-order valence-corrected chi connectivity index (χ3v) is 3.06. The molecule has 2 amide bonds. The highest BCUT2D eigenvalue weighted by Gasteiger charge is 2.20. The average Bonchev–Trinajstić information content (AvgIpc) is 2.38. The number of nitrogens with one attached hydrogen (secondary N) is 2. The molecule has 3 N–H and O–H groups in total. The molecule has 0 saturated heterocycles. The first-order chi connectivity index (χ1) is 9.85. The molecule has 21 heavy (non-hydrogen) atoms. The fraction of sp³-hybridized carbons (Fsp3) is 0.333. The Balaban J connectivity index is 2.74. The number of hydrogen-bond donors (Lipinski definition) is 3. The van der Waals surface area contributed by atoms with Crippen LogP contribution in [-0.4, -0.2) is 36.9 Å². The molecule has 1 rings (SSSR count). The zero-order chi connectivity index (χ0) is 16.0. The Hall–Kier alpha value is -1.57. The fourth-order valence-electron chi connectivity index (χ4n) is 1.46. The number of carbonyl (C=O) groups is 2. The number of rotatable bonds is 6. The van der Waals surface area contributed by atoms with Crippen molar-refractivity contribution in [3.05, 3.63) is 28.0 Å². The zero-order valence-electron chi connectivity index (χ0n) is 11.0. The molecule has 1 aromatic carbocycles. The molecule has 0 heterocycles. The summed E-state index contributed by atoms with van der Waals surface area (Å²) in [6, 6.07) is -0.0115. The van der Waals surface area contributed by atoms with Gasteiger partial charge in [-0.05, 0) is 12.1 Å². The number of carboxylic acids is 1. The van der Waals surface area contributed by atoms with Crippen LogP contribution in [0.3, 0.4) is 0 Å². The van der Waals surface area contributed by atoms with Gasteiger partial charge in [0.1, 0.15) is 11.9 Å². The number of halogens is 3. The number of anilines is 1. The van der Waals surface area contributed by atoms with Gasteiger partial charge in [0.2, 0.25) is 0 Å². The van der Waals surface area contributed by atoms with Crippen LogP contribution in [0.1, 0.15) is 6.42 Å². The van der Waals surface area contributed by atoms with Gasteiger partial charge in [-0.1, -0.05) is 23.2 Å². The molecule has 0 radical (unpaired) electrons. The zero-order valence-corrected chi connectivity index (χ0v) is 12.5. The van der Waals surface area contributed by atoms with Crippen molar-refractivity contribution < 1.29 is 23.8 Å². The van der Waals surface area contributed by atoms with E-state index in [1.165, 1.54) is 7.11 Å². The molecule has 1 aromatic rings.